The number of pyridine rings is 1. The number of aryl methyl sites for hydroxylation is 1. The Balaban J connectivity index is 1.87. The van der Waals surface area contributed by atoms with Gasteiger partial charge < -0.3 is 4.90 Å². The Hall–Kier alpha value is -1.46. The molecule has 1 aromatic rings. The van der Waals surface area contributed by atoms with Crippen LogP contribution in [0, 0.1) is 0 Å². The number of carbonyl (C=O) groups excluding carboxylic acids is 1. The monoisotopic (exact) mass is 290 g/mol. The van der Waals surface area contributed by atoms with Crippen LogP contribution in [-0.2, 0) is 17.8 Å². The molecule has 0 saturated carbocycles. The van der Waals surface area contributed by atoms with Gasteiger partial charge in [-0.05, 0) is 30.9 Å². The molecule has 1 saturated heterocycles. The number of carbonyl (C=O) groups is 1. The summed E-state index contributed by atoms with van der Waals surface area (Å²) in [4.78, 5) is 18.6. The number of rotatable bonds is 6. The first-order chi connectivity index (χ1) is 10.1. The summed E-state index contributed by atoms with van der Waals surface area (Å²) in [7, 11) is 1.84. The summed E-state index contributed by atoms with van der Waals surface area (Å²) in [5, 5.41) is 0. The summed E-state index contributed by atoms with van der Waals surface area (Å²) in [6.45, 7) is 4.83. The Bertz CT molecular complexity index is 460. The molecular weight excluding hydrogens is 264 g/mol. The maximum atomic E-state index is 12.4. The number of nitrogens with one attached hydrogen (secondary N) is 2. The molecule has 2 N–H and O–H groups in total. The fraction of sp³-hybridized carbons (Fsp3) is 0.625. The SMILES string of the molecule is CCCC1CC(C(=O)N(C)Cc2ccc(CC)cn2)NN1. The summed E-state index contributed by atoms with van der Waals surface area (Å²) in [5.41, 5.74) is 8.47. The van der Waals surface area contributed by atoms with Gasteiger partial charge in [-0.25, -0.2) is 5.43 Å². The molecule has 5 heteroatoms. The van der Waals surface area contributed by atoms with Crippen LogP contribution < -0.4 is 10.9 Å². The predicted octanol–water partition coefficient (Wildman–Crippen LogP) is 1.64. The van der Waals surface area contributed by atoms with Gasteiger partial charge in [-0.2, -0.15) is 0 Å². The van der Waals surface area contributed by atoms with Gasteiger partial charge in [-0.1, -0.05) is 26.3 Å². The number of nitrogens with zero attached hydrogens (tertiary/aromatic N) is 2. The minimum atomic E-state index is -0.124. The number of likely N-dealkylation sites (N-methyl/N-ethyl adjacent to an activating group) is 1. The van der Waals surface area contributed by atoms with Crippen molar-refractivity contribution >= 4 is 5.91 Å². The van der Waals surface area contributed by atoms with Crippen molar-refractivity contribution in [3.8, 4) is 0 Å². The molecule has 0 radical (unpaired) electrons. The highest BCUT2D eigenvalue weighted by Gasteiger charge is 2.30. The van der Waals surface area contributed by atoms with Crippen LogP contribution in [0.15, 0.2) is 18.3 Å². The molecule has 0 aromatic carbocycles. The van der Waals surface area contributed by atoms with Gasteiger partial charge >= 0.3 is 0 Å². The van der Waals surface area contributed by atoms with Crippen molar-refractivity contribution in [3.05, 3.63) is 29.6 Å². The van der Waals surface area contributed by atoms with E-state index in [9.17, 15) is 4.79 Å². The largest absolute Gasteiger partial charge is 0.338 e. The fourth-order valence-corrected chi connectivity index (χ4v) is 2.67. The van der Waals surface area contributed by atoms with Gasteiger partial charge in [0.05, 0.1) is 12.2 Å². The molecule has 2 atom stereocenters. The first-order valence-corrected chi connectivity index (χ1v) is 7.83. The van der Waals surface area contributed by atoms with Gasteiger partial charge in [0.2, 0.25) is 5.91 Å². The van der Waals surface area contributed by atoms with E-state index in [0.29, 0.717) is 12.6 Å². The van der Waals surface area contributed by atoms with Crippen molar-refractivity contribution in [3.63, 3.8) is 0 Å². The Morgan fingerprint density at radius 1 is 1.38 bits per heavy atom. The van der Waals surface area contributed by atoms with Crippen LogP contribution in [-0.4, -0.2) is 34.9 Å². The van der Waals surface area contributed by atoms with Gasteiger partial charge in [-0.3, -0.25) is 15.2 Å². The molecule has 1 aliphatic heterocycles. The van der Waals surface area contributed by atoms with E-state index in [2.05, 4.69) is 35.7 Å². The van der Waals surface area contributed by atoms with E-state index in [1.807, 2.05) is 19.3 Å². The highest BCUT2D eigenvalue weighted by Crippen LogP contribution is 2.13. The summed E-state index contributed by atoms with van der Waals surface area (Å²) in [5.74, 6) is 0.127. The molecule has 21 heavy (non-hydrogen) atoms. The Morgan fingerprint density at radius 3 is 2.81 bits per heavy atom. The molecule has 1 amide bonds. The zero-order valence-electron chi connectivity index (χ0n) is 13.2. The highest BCUT2D eigenvalue weighted by molar-refractivity contribution is 5.81. The topological polar surface area (TPSA) is 57.3 Å². The predicted molar refractivity (Wildman–Crippen MR) is 83.5 cm³/mol. The van der Waals surface area contributed by atoms with Crippen molar-refractivity contribution in [1.29, 1.82) is 0 Å². The third-order valence-corrected chi connectivity index (χ3v) is 3.99. The lowest BCUT2D eigenvalue weighted by molar-refractivity contribution is -0.132. The average molecular weight is 290 g/mol. The molecule has 1 aromatic heterocycles. The summed E-state index contributed by atoms with van der Waals surface area (Å²) >= 11 is 0. The average Bonchev–Trinajstić information content (AvgIpc) is 2.96. The molecule has 5 nitrogen and oxygen atoms in total. The molecule has 1 aliphatic rings. The van der Waals surface area contributed by atoms with E-state index >= 15 is 0 Å². The van der Waals surface area contributed by atoms with Gasteiger partial charge in [0.15, 0.2) is 0 Å². The molecule has 0 aliphatic carbocycles. The molecule has 1 fully saturated rings. The lowest BCUT2D eigenvalue weighted by Crippen LogP contribution is -2.44. The summed E-state index contributed by atoms with van der Waals surface area (Å²) in [6, 6.07) is 4.36. The van der Waals surface area contributed by atoms with E-state index in [0.717, 1.165) is 31.4 Å². The molecular formula is C16H26N4O. The van der Waals surface area contributed by atoms with Crippen molar-refractivity contribution in [2.45, 2.75) is 58.2 Å². The molecule has 116 valence electrons. The summed E-state index contributed by atoms with van der Waals surface area (Å²) < 4.78 is 0. The number of hydrazine groups is 1. The maximum absolute atomic E-state index is 12.4. The Labute approximate surface area is 127 Å². The first-order valence-electron chi connectivity index (χ1n) is 7.83. The lowest BCUT2D eigenvalue weighted by Gasteiger charge is -2.20. The number of amides is 1. The second-order valence-electron chi connectivity index (χ2n) is 5.77. The minimum Gasteiger partial charge on any atom is -0.338 e. The van der Waals surface area contributed by atoms with Crippen LogP contribution in [0.1, 0.15) is 44.4 Å². The van der Waals surface area contributed by atoms with Gasteiger partial charge in [0, 0.05) is 19.3 Å². The van der Waals surface area contributed by atoms with E-state index in [4.69, 9.17) is 0 Å². The Kier molecular flexibility index (Phi) is 5.70. The van der Waals surface area contributed by atoms with Crippen LogP contribution in [0.2, 0.25) is 0 Å². The molecule has 0 bridgehead atoms. The molecule has 2 heterocycles. The number of hydrogen-bond donors (Lipinski definition) is 2. The Morgan fingerprint density at radius 2 is 2.19 bits per heavy atom. The van der Waals surface area contributed by atoms with Crippen LogP contribution >= 0.6 is 0 Å². The van der Waals surface area contributed by atoms with Crippen molar-refractivity contribution in [1.82, 2.24) is 20.7 Å². The van der Waals surface area contributed by atoms with Crippen molar-refractivity contribution in [2.75, 3.05) is 7.05 Å². The number of aromatic nitrogens is 1. The van der Waals surface area contributed by atoms with E-state index in [1.165, 1.54) is 5.56 Å². The second kappa shape index (κ2) is 7.52. The first kappa shape index (κ1) is 15.9. The zero-order chi connectivity index (χ0) is 15.2. The molecule has 2 rings (SSSR count). The highest BCUT2D eigenvalue weighted by atomic mass is 16.2. The normalized spacial score (nSPS) is 21.5. The molecule has 2 unspecified atom stereocenters. The number of hydrogen-bond acceptors (Lipinski definition) is 4. The lowest BCUT2D eigenvalue weighted by atomic mass is 10.1. The van der Waals surface area contributed by atoms with E-state index < -0.39 is 0 Å². The van der Waals surface area contributed by atoms with Gasteiger partial charge in [0.1, 0.15) is 6.04 Å². The van der Waals surface area contributed by atoms with Crippen LogP contribution in [0.4, 0.5) is 0 Å². The second-order valence-corrected chi connectivity index (χ2v) is 5.77. The quantitative estimate of drug-likeness (QED) is 0.836. The molecule has 0 spiro atoms. The third kappa shape index (κ3) is 4.25. The van der Waals surface area contributed by atoms with Gasteiger partial charge in [-0.15, -0.1) is 0 Å². The van der Waals surface area contributed by atoms with Crippen molar-refractivity contribution < 1.29 is 4.79 Å². The smallest absolute Gasteiger partial charge is 0.241 e. The van der Waals surface area contributed by atoms with Gasteiger partial charge in [0.25, 0.3) is 0 Å². The third-order valence-electron chi connectivity index (χ3n) is 3.99. The fourth-order valence-electron chi connectivity index (χ4n) is 2.67. The minimum absolute atomic E-state index is 0.124. The van der Waals surface area contributed by atoms with Crippen LogP contribution in [0.3, 0.4) is 0 Å². The maximum Gasteiger partial charge on any atom is 0.241 e. The van der Waals surface area contributed by atoms with Crippen LogP contribution in [0.25, 0.3) is 0 Å². The van der Waals surface area contributed by atoms with E-state index in [-0.39, 0.29) is 11.9 Å². The van der Waals surface area contributed by atoms with E-state index in [1.54, 1.807) is 4.90 Å². The van der Waals surface area contributed by atoms with Crippen LogP contribution in [0.5, 0.6) is 0 Å². The zero-order valence-corrected chi connectivity index (χ0v) is 13.2. The standard InChI is InChI=1S/C16H26N4O/c1-4-6-13-9-15(19-18-13)16(21)20(3)11-14-8-7-12(5-2)10-17-14/h7-8,10,13,15,18-19H,4-6,9,11H2,1-3H3. The van der Waals surface area contributed by atoms with Crippen molar-refractivity contribution in [2.24, 2.45) is 0 Å². The summed E-state index contributed by atoms with van der Waals surface area (Å²) in [6.07, 6.45) is 5.96.